The largest absolute Gasteiger partial charge is 0.315 e. The van der Waals surface area contributed by atoms with Crippen molar-refractivity contribution in [3.05, 3.63) is 35.9 Å². The van der Waals surface area contributed by atoms with E-state index in [-0.39, 0.29) is 0 Å². The van der Waals surface area contributed by atoms with Crippen molar-refractivity contribution in [2.45, 2.75) is 52.1 Å². The lowest BCUT2D eigenvalue weighted by Gasteiger charge is -2.33. The van der Waals surface area contributed by atoms with Crippen molar-refractivity contribution in [2.75, 3.05) is 19.6 Å². The van der Waals surface area contributed by atoms with E-state index in [0.29, 0.717) is 6.04 Å². The summed E-state index contributed by atoms with van der Waals surface area (Å²) in [5.41, 5.74) is 1.45. The fraction of sp³-hybridized carbons (Fsp3) is 0.667. The molecule has 0 bridgehead atoms. The average molecular weight is 274 g/mol. The van der Waals surface area contributed by atoms with Crippen molar-refractivity contribution < 1.29 is 0 Å². The smallest absolute Gasteiger partial charge is 0.0233 e. The number of piperidine rings is 1. The van der Waals surface area contributed by atoms with Crippen LogP contribution in [0.5, 0.6) is 0 Å². The van der Waals surface area contributed by atoms with E-state index in [4.69, 9.17) is 0 Å². The second kappa shape index (κ2) is 8.43. The standard InChI is InChI=1S/C18H30N2/c1-16(2)19-12-6-10-18-11-7-13-20(15-18)14-17-8-4-3-5-9-17/h3-5,8-9,16,18-19H,6-7,10-15H2,1-2H3/t18-/m0/s1. The van der Waals surface area contributed by atoms with Gasteiger partial charge in [-0.1, -0.05) is 44.2 Å². The molecule has 1 aliphatic rings. The fourth-order valence-corrected chi connectivity index (χ4v) is 3.15. The lowest BCUT2D eigenvalue weighted by atomic mass is 9.93. The molecule has 0 aromatic heterocycles. The van der Waals surface area contributed by atoms with Crippen LogP contribution in [0.3, 0.4) is 0 Å². The van der Waals surface area contributed by atoms with Crippen molar-refractivity contribution in [3.8, 4) is 0 Å². The Morgan fingerprint density at radius 1 is 1.25 bits per heavy atom. The van der Waals surface area contributed by atoms with Crippen molar-refractivity contribution >= 4 is 0 Å². The lowest BCUT2D eigenvalue weighted by molar-refractivity contribution is 0.160. The molecular weight excluding hydrogens is 244 g/mol. The molecule has 1 aromatic rings. The normalized spacial score (nSPS) is 20.4. The first-order valence-corrected chi connectivity index (χ1v) is 8.23. The third-order valence-electron chi connectivity index (χ3n) is 4.19. The Labute approximate surface area is 124 Å². The van der Waals surface area contributed by atoms with E-state index in [1.807, 2.05) is 0 Å². The van der Waals surface area contributed by atoms with Crippen LogP contribution in [0, 0.1) is 5.92 Å². The van der Waals surface area contributed by atoms with Gasteiger partial charge in [0.2, 0.25) is 0 Å². The molecule has 0 unspecified atom stereocenters. The van der Waals surface area contributed by atoms with Crippen molar-refractivity contribution in [1.29, 1.82) is 0 Å². The summed E-state index contributed by atoms with van der Waals surface area (Å²) in [6, 6.07) is 11.5. The van der Waals surface area contributed by atoms with E-state index in [1.165, 1.54) is 50.9 Å². The zero-order valence-electron chi connectivity index (χ0n) is 13.1. The molecule has 1 N–H and O–H groups in total. The molecule has 1 heterocycles. The van der Waals surface area contributed by atoms with Crippen molar-refractivity contribution in [1.82, 2.24) is 10.2 Å². The predicted molar refractivity (Wildman–Crippen MR) is 86.8 cm³/mol. The van der Waals surface area contributed by atoms with Crippen LogP contribution >= 0.6 is 0 Å². The van der Waals surface area contributed by atoms with Crippen LogP contribution in [0.1, 0.15) is 45.1 Å². The number of likely N-dealkylation sites (tertiary alicyclic amines) is 1. The minimum atomic E-state index is 0.621. The molecule has 1 aliphatic heterocycles. The highest BCUT2D eigenvalue weighted by Gasteiger charge is 2.19. The minimum absolute atomic E-state index is 0.621. The molecule has 112 valence electrons. The second-order valence-corrected chi connectivity index (χ2v) is 6.48. The first kappa shape index (κ1) is 15.5. The van der Waals surface area contributed by atoms with Gasteiger partial charge in [0.1, 0.15) is 0 Å². The molecular formula is C18H30N2. The molecule has 0 saturated carbocycles. The fourth-order valence-electron chi connectivity index (χ4n) is 3.15. The van der Waals surface area contributed by atoms with Gasteiger partial charge in [-0.2, -0.15) is 0 Å². The Balaban J connectivity index is 1.69. The summed E-state index contributed by atoms with van der Waals surface area (Å²) in [5.74, 6) is 0.904. The summed E-state index contributed by atoms with van der Waals surface area (Å²) < 4.78 is 0. The molecule has 1 saturated heterocycles. The van der Waals surface area contributed by atoms with Crippen LogP contribution in [0.4, 0.5) is 0 Å². The zero-order valence-corrected chi connectivity index (χ0v) is 13.1. The van der Waals surface area contributed by atoms with E-state index >= 15 is 0 Å². The Morgan fingerprint density at radius 3 is 2.80 bits per heavy atom. The zero-order chi connectivity index (χ0) is 14.2. The number of rotatable bonds is 7. The van der Waals surface area contributed by atoms with Gasteiger partial charge in [0, 0.05) is 19.1 Å². The Kier molecular flexibility index (Phi) is 6.55. The molecule has 20 heavy (non-hydrogen) atoms. The van der Waals surface area contributed by atoms with Crippen LogP contribution in [0.2, 0.25) is 0 Å². The topological polar surface area (TPSA) is 15.3 Å². The summed E-state index contributed by atoms with van der Waals surface area (Å²) in [6.07, 6.45) is 5.50. The number of nitrogens with one attached hydrogen (secondary N) is 1. The predicted octanol–water partition coefficient (Wildman–Crippen LogP) is 3.68. The maximum Gasteiger partial charge on any atom is 0.0233 e. The highest BCUT2D eigenvalue weighted by atomic mass is 15.1. The molecule has 0 radical (unpaired) electrons. The van der Waals surface area contributed by atoms with E-state index in [2.05, 4.69) is 54.4 Å². The van der Waals surface area contributed by atoms with Crippen molar-refractivity contribution in [2.24, 2.45) is 5.92 Å². The highest BCUT2D eigenvalue weighted by molar-refractivity contribution is 5.14. The summed E-state index contributed by atoms with van der Waals surface area (Å²) in [4.78, 5) is 2.64. The molecule has 1 aromatic carbocycles. The summed E-state index contributed by atoms with van der Waals surface area (Å²) in [6.45, 7) is 9.31. The van der Waals surface area contributed by atoms with Crippen LogP contribution < -0.4 is 5.32 Å². The van der Waals surface area contributed by atoms with Gasteiger partial charge in [-0.3, -0.25) is 4.90 Å². The van der Waals surface area contributed by atoms with E-state index in [9.17, 15) is 0 Å². The first-order chi connectivity index (χ1) is 9.74. The van der Waals surface area contributed by atoms with Gasteiger partial charge in [0.25, 0.3) is 0 Å². The van der Waals surface area contributed by atoms with Gasteiger partial charge in [0.05, 0.1) is 0 Å². The first-order valence-electron chi connectivity index (χ1n) is 8.23. The molecule has 1 atom stereocenters. The Hall–Kier alpha value is -0.860. The van der Waals surface area contributed by atoms with Crippen LogP contribution in [0.25, 0.3) is 0 Å². The van der Waals surface area contributed by atoms with Gasteiger partial charge in [0.15, 0.2) is 0 Å². The summed E-state index contributed by atoms with van der Waals surface area (Å²) in [7, 11) is 0. The SMILES string of the molecule is CC(C)NCCC[C@H]1CCCN(Cc2ccccc2)C1. The molecule has 1 fully saturated rings. The maximum atomic E-state index is 3.52. The van der Waals surface area contributed by atoms with Gasteiger partial charge in [-0.25, -0.2) is 0 Å². The number of benzene rings is 1. The van der Waals surface area contributed by atoms with Crippen LogP contribution in [0.15, 0.2) is 30.3 Å². The Morgan fingerprint density at radius 2 is 2.05 bits per heavy atom. The third-order valence-corrected chi connectivity index (χ3v) is 4.19. The third kappa shape index (κ3) is 5.64. The minimum Gasteiger partial charge on any atom is -0.315 e. The lowest BCUT2D eigenvalue weighted by Crippen LogP contribution is -2.35. The second-order valence-electron chi connectivity index (χ2n) is 6.48. The molecule has 0 aliphatic carbocycles. The van der Waals surface area contributed by atoms with E-state index < -0.39 is 0 Å². The molecule has 0 amide bonds. The summed E-state index contributed by atoms with van der Waals surface area (Å²) >= 11 is 0. The number of hydrogen-bond donors (Lipinski definition) is 1. The molecule has 2 nitrogen and oxygen atoms in total. The Bertz CT molecular complexity index is 361. The van der Waals surface area contributed by atoms with Gasteiger partial charge in [-0.05, 0) is 50.3 Å². The van der Waals surface area contributed by atoms with Crippen molar-refractivity contribution in [3.63, 3.8) is 0 Å². The van der Waals surface area contributed by atoms with E-state index in [1.54, 1.807) is 0 Å². The van der Waals surface area contributed by atoms with Gasteiger partial charge in [-0.15, -0.1) is 0 Å². The highest BCUT2D eigenvalue weighted by Crippen LogP contribution is 2.22. The van der Waals surface area contributed by atoms with Gasteiger partial charge < -0.3 is 5.32 Å². The number of nitrogens with zero attached hydrogens (tertiary/aromatic N) is 1. The quantitative estimate of drug-likeness (QED) is 0.763. The van der Waals surface area contributed by atoms with Crippen LogP contribution in [-0.2, 0) is 6.54 Å². The van der Waals surface area contributed by atoms with E-state index in [0.717, 1.165) is 12.5 Å². The molecule has 0 spiro atoms. The van der Waals surface area contributed by atoms with Crippen LogP contribution in [-0.4, -0.2) is 30.6 Å². The maximum absolute atomic E-state index is 3.52. The molecule has 2 heteroatoms. The average Bonchev–Trinajstić information content (AvgIpc) is 2.45. The number of hydrogen-bond acceptors (Lipinski definition) is 2. The molecule has 2 rings (SSSR count). The van der Waals surface area contributed by atoms with Gasteiger partial charge >= 0.3 is 0 Å². The summed E-state index contributed by atoms with van der Waals surface area (Å²) in [5, 5.41) is 3.52. The monoisotopic (exact) mass is 274 g/mol.